The molecule has 1 aliphatic heterocycles. The number of carbonyl (C=O) groups excluding carboxylic acids is 3. The maximum absolute atomic E-state index is 13.9. The first-order valence-electron chi connectivity index (χ1n) is 19.9. The normalized spacial score (nSPS) is 31.9. The monoisotopic (exact) mass is 685 g/mol. The number of hydrogen-bond acceptors (Lipinski definition) is 4. The number of ether oxygens (including phenoxy) is 1. The van der Waals surface area contributed by atoms with Crippen LogP contribution in [0.15, 0.2) is 72.3 Å². The van der Waals surface area contributed by atoms with E-state index >= 15 is 0 Å². The summed E-state index contributed by atoms with van der Waals surface area (Å²) in [7, 11) is 0. The molecule has 0 N–H and O–H groups in total. The van der Waals surface area contributed by atoms with Gasteiger partial charge in [-0.15, -0.1) is 0 Å². The minimum Gasteiger partial charge on any atom is -0.458 e. The Morgan fingerprint density at radius 2 is 1.57 bits per heavy atom. The zero-order valence-electron chi connectivity index (χ0n) is 31.3. The highest BCUT2D eigenvalue weighted by Gasteiger charge is 2.59. The molecule has 0 unspecified atom stereocenters. The quantitative estimate of drug-likeness (QED) is 0.134. The number of anilines is 1. The fourth-order valence-corrected chi connectivity index (χ4v) is 12.1. The van der Waals surface area contributed by atoms with Gasteiger partial charge in [-0.3, -0.25) is 9.59 Å². The molecule has 2 amide bonds. The third kappa shape index (κ3) is 5.60. The largest absolute Gasteiger partial charge is 0.458 e. The highest BCUT2D eigenvalue weighted by atomic mass is 16.5. The molecule has 268 valence electrons. The number of imide groups is 1. The van der Waals surface area contributed by atoms with E-state index in [4.69, 9.17) is 4.74 Å². The molecule has 3 aromatic carbocycles. The molecular weight excluding hydrogens is 631 g/mol. The van der Waals surface area contributed by atoms with Crippen molar-refractivity contribution in [1.82, 2.24) is 0 Å². The van der Waals surface area contributed by atoms with Gasteiger partial charge in [-0.05, 0) is 121 Å². The first-order chi connectivity index (χ1) is 24.5. The lowest BCUT2D eigenvalue weighted by Crippen LogP contribution is -2.51. The molecule has 5 nitrogen and oxygen atoms in total. The van der Waals surface area contributed by atoms with Crippen LogP contribution in [0.2, 0.25) is 0 Å². The minimum absolute atomic E-state index is 0.160. The molecule has 0 radical (unpaired) electrons. The van der Waals surface area contributed by atoms with Crippen molar-refractivity contribution in [3.63, 3.8) is 0 Å². The van der Waals surface area contributed by atoms with Crippen molar-refractivity contribution in [3.8, 4) is 0 Å². The molecule has 0 bridgehead atoms. The van der Waals surface area contributed by atoms with E-state index in [1.54, 1.807) is 36.4 Å². The van der Waals surface area contributed by atoms with Crippen molar-refractivity contribution in [3.05, 3.63) is 89.0 Å². The molecule has 0 spiro atoms. The molecule has 8 rings (SSSR count). The minimum atomic E-state index is -0.473. The Bertz CT molecular complexity index is 1860. The molecular formula is C46H55NO4. The van der Waals surface area contributed by atoms with Crippen LogP contribution in [0.3, 0.4) is 0 Å². The van der Waals surface area contributed by atoms with Crippen molar-refractivity contribution in [2.24, 2.45) is 46.3 Å². The number of allylic oxidation sites excluding steroid dienone is 1. The van der Waals surface area contributed by atoms with Crippen LogP contribution in [0.1, 0.15) is 136 Å². The van der Waals surface area contributed by atoms with Gasteiger partial charge in [0, 0.05) is 22.9 Å². The van der Waals surface area contributed by atoms with Gasteiger partial charge in [0.15, 0.2) is 0 Å². The number of nitrogens with zero attached hydrogens (tertiary/aromatic N) is 1. The Balaban J connectivity index is 0.974. The van der Waals surface area contributed by atoms with E-state index in [1.165, 1.54) is 50.5 Å². The molecule has 3 saturated carbocycles. The number of hydrogen-bond donors (Lipinski definition) is 0. The van der Waals surface area contributed by atoms with Crippen molar-refractivity contribution in [2.45, 2.75) is 111 Å². The summed E-state index contributed by atoms with van der Waals surface area (Å²) >= 11 is 0. The molecule has 3 fully saturated rings. The fourth-order valence-electron chi connectivity index (χ4n) is 12.1. The second-order valence-corrected chi connectivity index (χ2v) is 17.7. The number of carbonyl (C=O) groups is 3. The van der Waals surface area contributed by atoms with E-state index in [-0.39, 0.29) is 22.8 Å². The summed E-state index contributed by atoms with van der Waals surface area (Å²) in [5.41, 5.74) is 3.56. The van der Waals surface area contributed by atoms with E-state index in [2.05, 4.69) is 40.7 Å². The number of para-hydroxylation sites is 1. The summed E-state index contributed by atoms with van der Waals surface area (Å²) in [6.07, 6.45) is 15.6. The third-order valence-corrected chi connectivity index (χ3v) is 14.7. The Kier molecular flexibility index (Phi) is 8.79. The predicted molar refractivity (Wildman–Crippen MR) is 204 cm³/mol. The maximum Gasteiger partial charge on any atom is 0.340 e. The average Bonchev–Trinajstić information content (AvgIpc) is 3.48. The van der Waals surface area contributed by atoms with Crippen LogP contribution in [-0.2, 0) is 4.74 Å². The van der Waals surface area contributed by atoms with E-state index in [1.807, 2.05) is 24.3 Å². The molecule has 0 aromatic heterocycles. The van der Waals surface area contributed by atoms with Crippen LogP contribution in [0.5, 0.6) is 0 Å². The van der Waals surface area contributed by atoms with Gasteiger partial charge in [0.2, 0.25) is 0 Å². The Morgan fingerprint density at radius 3 is 2.29 bits per heavy atom. The highest BCUT2D eigenvalue weighted by molar-refractivity contribution is 6.36. The zero-order valence-corrected chi connectivity index (χ0v) is 31.3. The molecule has 3 aromatic rings. The van der Waals surface area contributed by atoms with E-state index in [0.29, 0.717) is 27.8 Å². The van der Waals surface area contributed by atoms with Crippen molar-refractivity contribution >= 4 is 34.2 Å². The molecule has 51 heavy (non-hydrogen) atoms. The van der Waals surface area contributed by atoms with Gasteiger partial charge < -0.3 is 4.74 Å². The number of fused-ring (bicyclic) bond motifs is 5. The molecule has 5 heteroatoms. The average molecular weight is 686 g/mol. The Morgan fingerprint density at radius 1 is 0.843 bits per heavy atom. The van der Waals surface area contributed by atoms with Crippen molar-refractivity contribution < 1.29 is 19.1 Å². The number of benzene rings is 3. The number of esters is 1. The van der Waals surface area contributed by atoms with Crippen LogP contribution < -0.4 is 4.90 Å². The van der Waals surface area contributed by atoms with Crippen molar-refractivity contribution in [1.29, 1.82) is 0 Å². The summed E-state index contributed by atoms with van der Waals surface area (Å²) in [5.74, 6) is 3.42. The van der Waals surface area contributed by atoms with Gasteiger partial charge >= 0.3 is 5.97 Å². The summed E-state index contributed by atoms with van der Waals surface area (Å²) in [5, 5.41) is 1.52. The van der Waals surface area contributed by atoms with Gasteiger partial charge in [0.25, 0.3) is 11.8 Å². The van der Waals surface area contributed by atoms with Gasteiger partial charge in [-0.1, -0.05) is 102 Å². The summed E-state index contributed by atoms with van der Waals surface area (Å²) in [6, 6.07) is 17.9. The topological polar surface area (TPSA) is 63.7 Å². The van der Waals surface area contributed by atoms with Crippen LogP contribution in [0, 0.1) is 46.3 Å². The van der Waals surface area contributed by atoms with E-state index in [9.17, 15) is 14.4 Å². The predicted octanol–water partition coefficient (Wildman–Crippen LogP) is 11.2. The van der Waals surface area contributed by atoms with Gasteiger partial charge in [-0.2, -0.15) is 0 Å². The molecule has 0 saturated heterocycles. The molecule has 4 aliphatic carbocycles. The Labute approximate surface area is 304 Å². The van der Waals surface area contributed by atoms with Gasteiger partial charge in [0.05, 0.1) is 11.3 Å². The fraction of sp³-hybridized carbons (Fsp3) is 0.543. The number of amides is 2. The molecule has 5 aliphatic rings. The van der Waals surface area contributed by atoms with E-state index in [0.717, 1.165) is 65.6 Å². The lowest BCUT2D eigenvalue weighted by molar-refractivity contribution is -0.0594. The van der Waals surface area contributed by atoms with Crippen LogP contribution in [0.25, 0.3) is 10.8 Å². The van der Waals surface area contributed by atoms with Crippen LogP contribution in [-0.4, -0.2) is 23.9 Å². The lowest BCUT2D eigenvalue weighted by Gasteiger charge is -2.58. The maximum atomic E-state index is 13.9. The zero-order chi connectivity index (χ0) is 35.7. The third-order valence-electron chi connectivity index (χ3n) is 14.7. The number of rotatable bonds is 8. The molecule has 8 atom stereocenters. The SMILES string of the molecule is CC(C)CCC[C@@H](C)[C@H]1CC[C@H]2[C@@H]3CC=C4C[C@H](OC(=O)c5ccccc5N5C(=O)c6cccc7cccc(c67)C5=O)CC[C@]4(C)[C@H]3CC[C@]12C. The van der Waals surface area contributed by atoms with Crippen LogP contribution in [0.4, 0.5) is 5.69 Å². The summed E-state index contributed by atoms with van der Waals surface area (Å²) in [6.45, 7) is 12.4. The standard InChI is InChI=1S/C46H55NO4/c1-28(2)11-8-12-29(3)37-21-22-38-33-20-19-31-27-32(23-25-45(31,4)39(33)24-26-46(37,38)5)51-44(50)34-15-6-7-18-40(34)47-42(48)35-16-9-13-30-14-10-17-36(41(30)35)43(47)49/h6-7,9-10,13-19,28-29,32-33,37-39H,8,11-12,20-27H2,1-5H3/t29-,32-,33+,37-,38+,39+,45+,46-/m1/s1. The second kappa shape index (κ2) is 13.0. The Hall–Kier alpha value is -3.73. The van der Waals surface area contributed by atoms with Gasteiger partial charge in [-0.25, -0.2) is 9.69 Å². The first-order valence-corrected chi connectivity index (χ1v) is 19.9. The van der Waals surface area contributed by atoms with Crippen LogP contribution >= 0.6 is 0 Å². The van der Waals surface area contributed by atoms with Crippen molar-refractivity contribution in [2.75, 3.05) is 4.90 Å². The molecule has 1 heterocycles. The first kappa shape index (κ1) is 34.4. The lowest BCUT2D eigenvalue weighted by atomic mass is 9.47. The summed E-state index contributed by atoms with van der Waals surface area (Å²) in [4.78, 5) is 42.8. The summed E-state index contributed by atoms with van der Waals surface area (Å²) < 4.78 is 6.28. The highest BCUT2D eigenvalue weighted by Crippen LogP contribution is 2.67. The second-order valence-electron chi connectivity index (χ2n) is 17.7. The van der Waals surface area contributed by atoms with Gasteiger partial charge in [0.1, 0.15) is 6.10 Å². The van der Waals surface area contributed by atoms with E-state index < -0.39 is 17.8 Å². The smallest absolute Gasteiger partial charge is 0.340 e.